The molecule has 1 amide bonds. The summed E-state index contributed by atoms with van der Waals surface area (Å²) in [6.07, 6.45) is 8.06. The Morgan fingerprint density at radius 1 is 1.27 bits per heavy atom. The van der Waals surface area contributed by atoms with Crippen molar-refractivity contribution >= 4 is 17.6 Å². The first-order chi connectivity index (χ1) is 12.5. The van der Waals surface area contributed by atoms with E-state index in [9.17, 15) is 14.7 Å². The molecule has 1 aromatic heterocycles. The van der Waals surface area contributed by atoms with E-state index in [1.54, 1.807) is 4.90 Å². The number of nitrogens with zero attached hydrogens (tertiary/aromatic N) is 2. The SMILES string of the molecule is CN1C(=O)CCc2cc(-c3cncc4c3CCCC4CC(=O)O)ccc21. The first-order valence-electron chi connectivity index (χ1n) is 9.13. The van der Waals surface area contributed by atoms with Gasteiger partial charge in [0.05, 0.1) is 6.42 Å². The van der Waals surface area contributed by atoms with Crippen molar-refractivity contribution in [1.29, 1.82) is 0 Å². The molecule has 5 nitrogen and oxygen atoms in total. The summed E-state index contributed by atoms with van der Waals surface area (Å²) in [4.78, 5) is 29.2. The van der Waals surface area contributed by atoms with Gasteiger partial charge < -0.3 is 10.0 Å². The van der Waals surface area contributed by atoms with Crippen LogP contribution in [0.1, 0.15) is 48.3 Å². The number of carboxylic acids is 1. The first kappa shape index (κ1) is 16.8. The number of fused-ring (bicyclic) bond motifs is 2. The third-order valence-electron chi connectivity index (χ3n) is 5.67. The van der Waals surface area contributed by atoms with Gasteiger partial charge in [0.2, 0.25) is 5.91 Å². The molecule has 2 aliphatic rings. The van der Waals surface area contributed by atoms with Crippen LogP contribution in [0.5, 0.6) is 0 Å². The van der Waals surface area contributed by atoms with E-state index in [0.717, 1.165) is 48.1 Å². The van der Waals surface area contributed by atoms with E-state index in [1.807, 2.05) is 31.6 Å². The second kappa shape index (κ2) is 6.56. The van der Waals surface area contributed by atoms with Crippen molar-refractivity contribution in [3.63, 3.8) is 0 Å². The zero-order valence-electron chi connectivity index (χ0n) is 14.9. The zero-order valence-corrected chi connectivity index (χ0v) is 14.9. The second-order valence-electron chi connectivity index (χ2n) is 7.24. The average molecular weight is 350 g/mol. The number of aliphatic carboxylic acids is 1. The molecule has 1 aliphatic heterocycles. The molecule has 0 saturated heterocycles. The number of amides is 1. The number of carbonyl (C=O) groups excluding carboxylic acids is 1. The number of carboxylic acid groups (broad SMARTS) is 1. The van der Waals surface area contributed by atoms with Gasteiger partial charge in [0.25, 0.3) is 0 Å². The zero-order chi connectivity index (χ0) is 18.3. The molecule has 1 aliphatic carbocycles. The van der Waals surface area contributed by atoms with E-state index in [2.05, 4.69) is 11.1 Å². The number of benzene rings is 1. The Kier molecular flexibility index (Phi) is 4.23. The van der Waals surface area contributed by atoms with Gasteiger partial charge in [0.15, 0.2) is 0 Å². The summed E-state index contributed by atoms with van der Waals surface area (Å²) in [6, 6.07) is 6.22. The predicted molar refractivity (Wildman–Crippen MR) is 99.3 cm³/mol. The molecule has 0 radical (unpaired) electrons. The lowest BCUT2D eigenvalue weighted by molar-refractivity contribution is -0.137. The molecule has 1 atom stereocenters. The van der Waals surface area contributed by atoms with Crippen LogP contribution in [0.3, 0.4) is 0 Å². The Hall–Kier alpha value is -2.69. The number of hydrogen-bond acceptors (Lipinski definition) is 3. The molecule has 0 bridgehead atoms. The van der Waals surface area contributed by atoms with Gasteiger partial charge in [-0.15, -0.1) is 0 Å². The van der Waals surface area contributed by atoms with Crippen LogP contribution in [0.25, 0.3) is 11.1 Å². The fourth-order valence-electron chi connectivity index (χ4n) is 4.31. The molecule has 2 aromatic rings. The first-order valence-corrected chi connectivity index (χ1v) is 9.13. The van der Waals surface area contributed by atoms with E-state index in [-0.39, 0.29) is 18.2 Å². The number of pyridine rings is 1. The molecule has 1 aromatic carbocycles. The molecule has 4 rings (SSSR count). The molecular formula is C21H22N2O3. The van der Waals surface area contributed by atoms with Crippen molar-refractivity contribution in [2.45, 2.75) is 44.4 Å². The van der Waals surface area contributed by atoms with Crippen LogP contribution in [0.2, 0.25) is 0 Å². The molecule has 2 heterocycles. The molecule has 1 unspecified atom stereocenters. The minimum atomic E-state index is -0.755. The number of anilines is 1. The van der Waals surface area contributed by atoms with Crippen molar-refractivity contribution in [2.24, 2.45) is 0 Å². The maximum atomic E-state index is 11.9. The van der Waals surface area contributed by atoms with E-state index in [0.29, 0.717) is 6.42 Å². The lowest BCUT2D eigenvalue weighted by Crippen LogP contribution is -2.31. The largest absolute Gasteiger partial charge is 0.481 e. The van der Waals surface area contributed by atoms with Crippen molar-refractivity contribution in [3.8, 4) is 11.1 Å². The number of hydrogen-bond donors (Lipinski definition) is 1. The normalized spacial score (nSPS) is 19.0. The molecule has 0 fully saturated rings. The average Bonchev–Trinajstić information content (AvgIpc) is 2.64. The summed E-state index contributed by atoms with van der Waals surface area (Å²) >= 11 is 0. The van der Waals surface area contributed by atoms with Gasteiger partial charge in [-0.2, -0.15) is 0 Å². The predicted octanol–water partition coefficient (Wildman–Crippen LogP) is 3.55. The smallest absolute Gasteiger partial charge is 0.303 e. The van der Waals surface area contributed by atoms with Gasteiger partial charge in [0.1, 0.15) is 0 Å². The number of rotatable bonds is 3. The molecule has 26 heavy (non-hydrogen) atoms. The Morgan fingerprint density at radius 2 is 2.12 bits per heavy atom. The Labute approximate surface area is 152 Å². The van der Waals surface area contributed by atoms with E-state index >= 15 is 0 Å². The van der Waals surface area contributed by atoms with Crippen LogP contribution in [0.15, 0.2) is 30.6 Å². The van der Waals surface area contributed by atoms with Crippen LogP contribution >= 0.6 is 0 Å². The fraction of sp³-hybridized carbons (Fsp3) is 0.381. The van der Waals surface area contributed by atoms with Crippen molar-refractivity contribution in [3.05, 3.63) is 47.3 Å². The number of carbonyl (C=O) groups is 2. The molecule has 0 spiro atoms. The summed E-state index contributed by atoms with van der Waals surface area (Å²) in [6.45, 7) is 0. The molecule has 0 saturated carbocycles. The summed E-state index contributed by atoms with van der Waals surface area (Å²) in [5.74, 6) is -0.555. The Balaban J connectivity index is 1.76. The third-order valence-corrected chi connectivity index (χ3v) is 5.67. The number of aromatic nitrogens is 1. The molecule has 134 valence electrons. The van der Waals surface area contributed by atoms with Crippen LogP contribution in [0.4, 0.5) is 5.69 Å². The quantitative estimate of drug-likeness (QED) is 0.919. The van der Waals surface area contributed by atoms with Crippen molar-refractivity contribution in [2.75, 3.05) is 11.9 Å². The Bertz CT molecular complexity index is 891. The van der Waals surface area contributed by atoms with Gasteiger partial charge in [-0.25, -0.2) is 0 Å². The maximum absolute atomic E-state index is 11.9. The lowest BCUT2D eigenvalue weighted by atomic mass is 9.79. The van der Waals surface area contributed by atoms with Gasteiger partial charge in [-0.05, 0) is 66.0 Å². The summed E-state index contributed by atoms with van der Waals surface area (Å²) < 4.78 is 0. The van der Waals surface area contributed by atoms with Crippen molar-refractivity contribution in [1.82, 2.24) is 4.98 Å². The number of aryl methyl sites for hydroxylation is 1. The van der Waals surface area contributed by atoms with Crippen molar-refractivity contribution < 1.29 is 14.7 Å². The summed E-state index contributed by atoms with van der Waals surface area (Å²) in [7, 11) is 1.82. The standard InChI is InChI=1S/C21H22N2O3/c1-23-19-7-5-14(9-15(19)6-8-20(23)24)18-12-22-11-17-13(10-21(25)26)3-2-4-16(17)18/h5,7,9,11-13H,2-4,6,8,10H2,1H3,(H,25,26). The Morgan fingerprint density at radius 3 is 2.92 bits per heavy atom. The highest BCUT2D eigenvalue weighted by atomic mass is 16.4. The maximum Gasteiger partial charge on any atom is 0.303 e. The lowest BCUT2D eigenvalue weighted by Gasteiger charge is -2.28. The monoisotopic (exact) mass is 350 g/mol. The van der Waals surface area contributed by atoms with Gasteiger partial charge in [-0.3, -0.25) is 14.6 Å². The topological polar surface area (TPSA) is 70.5 Å². The minimum absolute atomic E-state index is 0.0464. The summed E-state index contributed by atoms with van der Waals surface area (Å²) in [5.41, 5.74) is 6.68. The summed E-state index contributed by atoms with van der Waals surface area (Å²) in [5, 5.41) is 9.20. The molecule has 1 N–H and O–H groups in total. The fourth-order valence-corrected chi connectivity index (χ4v) is 4.31. The van der Waals surface area contributed by atoms with Crippen LogP contribution in [-0.2, 0) is 22.4 Å². The van der Waals surface area contributed by atoms with Crippen LogP contribution < -0.4 is 4.90 Å². The highest BCUT2D eigenvalue weighted by Crippen LogP contribution is 2.39. The molecular weight excluding hydrogens is 328 g/mol. The van der Waals surface area contributed by atoms with E-state index in [4.69, 9.17) is 0 Å². The van der Waals surface area contributed by atoms with Gasteiger partial charge in [0, 0.05) is 37.1 Å². The van der Waals surface area contributed by atoms with Crippen LogP contribution in [-0.4, -0.2) is 29.0 Å². The third kappa shape index (κ3) is 2.87. The highest BCUT2D eigenvalue weighted by Gasteiger charge is 2.26. The minimum Gasteiger partial charge on any atom is -0.481 e. The van der Waals surface area contributed by atoms with Crippen LogP contribution in [0, 0.1) is 0 Å². The van der Waals surface area contributed by atoms with E-state index < -0.39 is 5.97 Å². The van der Waals surface area contributed by atoms with Gasteiger partial charge >= 0.3 is 5.97 Å². The second-order valence-corrected chi connectivity index (χ2v) is 7.24. The highest BCUT2D eigenvalue weighted by molar-refractivity contribution is 5.96. The van der Waals surface area contributed by atoms with E-state index in [1.165, 1.54) is 11.1 Å². The van der Waals surface area contributed by atoms with Gasteiger partial charge in [-0.1, -0.05) is 6.07 Å². The molecule has 5 heteroatoms.